The molecule has 0 fully saturated rings. The fourth-order valence-corrected chi connectivity index (χ4v) is 2.02. The van der Waals surface area contributed by atoms with Crippen LogP contribution in [0.1, 0.15) is 11.1 Å². The first-order valence-corrected chi connectivity index (χ1v) is 6.83. The molecule has 0 bridgehead atoms. The van der Waals surface area contributed by atoms with Gasteiger partial charge in [-0.3, -0.25) is 5.41 Å². The molecule has 7 nitrogen and oxygen atoms in total. The molecular weight excluding hydrogens is 294 g/mol. The van der Waals surface area contributed by atoms with Gasteiger partial charge in [0.05, 0.1) is 38.0 Å². The van der Waals surface area contributed by atoms with Crippen LogP contribution in [0.3, 0.4) is 0 Å². The lowest BCUT2D eigenvalue weighted by molar-refractivity contribution is 0.384. The summed E-state index contributed by atoms with van der Waals surface area (Å²) in [5.41, 5.74) is 1.28. The van der Waals surface area contributed by atoms with E-state index >= 15 is 0 Å². The predicted molar refractivity (Wildman–Crippen MR) is 86.7 cm³/mol. The Balaban J connectivity index is 2.03. The van der Waals surface area contributed by atoms with Crippen LogP contribution in [0.25, 0.3) is 0 Å². The third-order valence-corrected chi connectivity index (χ3v) is 3.11. The maximum Gasteiger partial charge on any atom is 0.194 e. The molecule has 0 saturated carbocycles. The smallest absolute Gasteiger partial charge is 0.194 e. The van der Waals surface area contributed by atoms with Crippen molar-refractivity contribution in [1.82, 2.24) is 10.3 Å². The first-order valence-electron chi connectivity index (χ1n) is 6.83. The first kappa shape index (κ1) is 16.1. The average molecular weight is 311 g/mol. The zero-order chi connectivity index (χ0) is 16.7. The highest BCUT2D eigenvalue weighted by Crippen LogP contribution is 2.27. The zero-order valence-corrected chi connectivity index (χ0v) is 12.9. The molecule has 0 atom stereocenters. The second-order valence-corrected chi connectivity index (χ2v) is 4.54. The Morgan fingerprint density at radius 2 is 1.96 bits per heavy atom. The number of guanidine groups is 1. The van der Waals surface area contributed by atoms with Gasteiger partial charge in [0, 0.05) is 6.20 Å². The molecule has 0 unspecified atom stereocenters. The molecule has 118 valence electrons. The Labute approximate surface area is 134 Å². The van der Waals surface area contributed by atoms with Crippen molar-refractivity contribution in [2.75, 3.05) is 19.5 Å². The van der Waals surface area contributed by atoms with Gasteiger partial charge in [0.2, 0.25) is 0 Å². The van der Waals surface area contributed by atoms with Crippen LogP contribution < -0.4 is 20.1 Å². The van der Waals surface area contributed by atoms with E-state index < -0.39 is 0 Å². The molecule has 23 heavy (non-hydrogen) atoms. The van der Waals surface area contributed by atoms with Crippen LogP contribution >= 0.6 is 0 Å². The van der Waals surface area contributed by atoms with Crippen molar-refractivity contribution in [2.24, 2.45) is 0 Å². The van der Waals surface area contributed by atoms with E-state index in [9.17, 15) is 0 Å². The molecule has 2 rings (SSSR count). The maximum absolute atomic E-state index is 8.86. The summed E-state index contributed by atoms with van der Waals surface area (Å²) in [6.45, 7) is 0.344. The molecule has 0 aliphatic heterocycles. The first-order chi connectivity index (χ1) is 11.2. The molecule has 0 saturated heterocycles. The molecule has 0 spiro atoms. The quantitative estimate of drug-likeness (QED) is 0.577. The zero-order valence-electron chi connectivity index (χ0n) is 12.9. The van der Waals surface area contributed by atoms with Crippen LogP contribution in [0, 0.1) is 16.7 Å². The molecule has 3 N–H and O–H groups in total. The Bertz CT molecular complexity index is 717. The van der Waals surface area contributed by atoms with E-state index in [0.717, 1.165) is 5.56 Å². The number of nitrogens with zero attached hydrogens (tertiary/aromatic N) is 2. The summed E-state index contributed by atoms with van der Waals surface area (Å²) in [5, 5.41) is 22.5. The van der Waals surface area contributed by atoms with Gasteiger partial charge in [-0.2, -0.15) is 5.26 Å². The number of pyridine rings is 1. The van der Waals surface area contributed by atoms with Crippen LogP contribution in [-0.4, -0.2) is 25.2 Å². The van der Waals surface area contributed by atoms with E-state index in [4.69, 9.17) is 20.1 Å². The second kappa shape index (κ2) is 7.66. The molecule has 0 amide bonds. The lowest BCUT2D eigenvalue weighted by Crippen LogP contribution is -2.29. The van der Waals surface area contributed by atoms with Gasteiger partial charge in [-0.15, -0.1) is 0 Å². The monoisotopic (exact) mass is 311 g/mol. The van der Waals surface area contributed by atoms with E-state index in [-0.39, 0.29) is 5.96 Å². The standard InChI is InChI=1S/C16H17N5O2/c1-22-13-4-3-5-14(23-2)12(13)10-20-16(18)21-15-8-11(9-17)6-7-19-15/h3-8H,10H2,1-2H3,(H3,18,19,20,21). The minimum atomic E-state index is 0.0561. The van der Waals surface area contributed by atoms with E-state index in [1.807, 2.05) is 24.3 Å². The Morgan fingerprint density at radius 3 is 2.57 bits per heavy atom. The summed E-state index contributed by atoms with van der Waals surface area (Å²) in [6.07, 6.45) is 1.51. The van der Waals surface area contributed by atoms with E-state index in [0.29, 0.717) is 29.4 Å². The van der Waals surface area contributed by atoms with Crippen molar-refractivity contribution in [3.05, 3.63) is 47.7 Å². The molecule has 0 aliphatic rings. The second-order valence-electron chi connectivity index (χ2n) is 4.54. The molecule has 1 heterocycles. The molecule has 0 radical (unpaired) electrons. The van der Waals surface area contributed by atoms with Crippen molar-refractivity contribution >= 4 is 11.8 Å². The van der Waals surface area contributed by atoms with Gasteiger partial charge in [-0.25, -0.2) is 4.98 Å². The number of hydrogen-bond acceptors (Lipinski definition) is 5. The van der Waals surface area contributed by atoms with E-state index in [2.05, 4.69) is 15.6 Å². The highest BCUT2D eigenvalue weighted by molar-refractivity contribution is 5.90. The molecule has 1 aromatic heterocycles. The lowest BCUT2D eigenvalue weighted by atomic mass is 10.1. The van der Waals surface area contributed by atoms with Crippen LogP contribution in [0.2, 0.25) is 0 Å². The summed E-state index contributed by atoms with van der Waals surface area (Å²) in [5.74, 6) is 1.83. The van der Waals surface area contributed by atoms with Crippen molar-refractivity contribution in [2.45, 2.75) is 6.54 Å². The molecule has 2 aromatic rings. The normalized spacial score (nSPS) is 9.61. The number of hydrogen-bond donors (Lipinski definition) is 3. The minimum absolute atomic E-state index is 0.0561. The molecule has 7 heteroatoms. The number of nitriles is 1. The Hall–Kier alpha value is -3.27. The van der Waals surface area contributed by atoms with Crippen molar-refractivity contribution in [1.29, 1.82) is 10.7 Å². The summed E-state index contributed by atoms with van der Waals surface area (Å²) >= 11 is 0. The highest BCUT2D eigenvalue weighted by atomic mass is 16.5. The van der Waals surface area contributed by atoms with Crippen molar-refractivity contribution in [3.8, 4) is 17.6 Å². The third kappa shape index (κ3) is 4.11. The third-order valence-electron chi connectivity index (χ3n) is 3.11. The number of methoxy groups -OCH3 is 2. The summed E-state index contributed by atoms with van der Waals surface area (Å²) in [6, 6.07) is 10.7. The number of nitrogens with one attached hydrogen (secondary N) is 3. The van der Waals surface area contributed by atoms with Gasteiger partial charge in [0.25, 0.3) is 0 Å². The fourth-order valence-electron chi connectivity index (χ4n) is 2.02. The van der Waals surface area contributed by atoms with Crippen molar-refractivity contribution in [3.63, 3.8) is 0 Å². The maximum atomic E-state index is 8.86. The SMILES string of the molecule is COc1cccc(OC)c1CNC(=N)Nc1cc(C#N)ccn1. The topological polar surface area (TPSA) is 103 Å². The largest absolute Gasteiger partial charge is 0.496 e. The Morgan fingerprint density at radius 1 is 1.26 bits per heavy atom. The number of benzene rings is 1. The van der Waals surface area contributed by atoms with Gasteiger partial charge < -0.3 is 20.1 Å². The van der Waals surface area contributed by atoms with Gasteiger partial charge in [0.1, 0.15) is 17.3 Å². The van der Waals surface area contributed by atoms with Gasteiger partial charge in [-0.05, 0) is 24.3 Å². The van der Waals surface area contributed by atoms with Crippen LogP contribution in [-0.2, 0) is 6.54 Å². The number of aromatic nitrogens is 1. The van der Waals surface area contributed by atoms with Gasteiger partial charge >= 0.3 is 0 Å². The van der Waals surface area contributed by atoms with E-state index in [1.165, 1.54) is 6.20 Å². The number of ether oxygens (including phenoxy) is 2. The van der Waals surface area contributed by atoms with E-state index in [1.54, 1.807) is 26.4 Å². The molecule has 0 aliphatic carbocycles. The van der Waals surface area contributed by atoms with Crippen LogP contribution in [0.5, 0.6) is 11.5 Å². The summed E-state index contributed by atoms with van der Waals surface area (Å²) < 4.78 is 10.6. The molecular formula is C16H17N5O2. The Kier molecular flexibility index (Phi) is 5.36. The number of rotatable bonds is 5. The highest BCUT2D eigenvalue weighted by Gasteiger charge is 2.10. The summed E-state index contributed by atoms with van der Waals surface area (Å²) in [4.78, 5) is 4.06. The fraction of sp³-hybridized carbons (Fsp3) is 0.188. The van der Waals surface area contributed by atoms with Gasteiger partial charge in [-0.1, -0.05) is 6.07 Å². The predicted octanol–water partition coefficient (Wildman–Crippen LogP) is 2.11. The van der Waals surface area contributed by atoms with Gasteiger partial charge in [0.15, 0.2) is 5.96 Å². The lowest BCUT2D eigenvalue weighted by Gasteiger charge is -2.15. The minimum Gasteiger partial charge on any atom is -0.496 e. The summed E-state index contributed by atoms with van der Waals surface area (Å²) in [7, 11) is 3.16. The van der Waals surface area contributed by atoms with Crippen molar-refractivity contribution < 1.29 is 9.47 Å². The average Bonchev–Trinajstić information content (AvgIpc) is 2.59. The molecule has 1 aromatic carbocycles. The number of anilines is 1. The van der Waals surface area contributed by atoms with Crippen LogP contribution in [0.4, 0.5) is 5.82 Å². The van der Waals surface area contributed by atoms with Crippen LogP contribution in [0.15, 0.2) is 36.5 Å².